The third-order valence-corrected chi connectivity index (χ3v) is 3.12. The second-order valence-electron chi connectivity index (χ2n) is 4.78. The first-order valence-corrected chi connectivity index (χ1v) is 6.55. The molecule has 1 saturated heterocycles. The number of alkyl halides is 3. The van der Waals surface area contributed by atoms with Gasteiger partial charge in [0.1, 0.15) is 11.4 Å². The summed E-state index contributed by atoms with van der Waals surface area (Å²) in [5.41, 5.74) is -0.0312. The van der Waals surface area contributed by atoms with Crippen molar-refractivity contribution in [1.29, 1.82) is 0 Å². The van der Waals surface area contributed by atoms with Crippen molar-refractivity contribution in [2.24, 2.45) is 0 Å². The standard InChI is InChI=1S/C13H15F3N2O3/c14-13(15,16)8-21-10-5-4-9(12(19)20)11(17-10)18-6-2-1-3-7-18/h4-5H,1-3,6-8H2,(H,19,20). The summed E-state index contributed by atoms with van der Waals surface area (Å²) in [6, 6.07) is 2.37. The van der Waals surface area contributed by atoms with Crippen LogP contribution in [0.5, 0.6) is 5.88 Å². The van der Waals surface area contributed by atoms with Crippen LogP contribution < -0.4 is 9.64 Å². The molecule has 0 bridgehead atoms. The van der Waals surface area contributed by atoms with Crippen molar-refractivity contribution in [1.82, 2.24) is 4.98 Å². The van der Waals surface area contributed by atoms with Gasteiger partial charge in [-0.15, -0.1) is 0 Å². The van der Waals surface area contributed by atoms with E-state index < -0.39 is 18.8 Å². The molecule has 8 heteroatoms. The number of halogens is 3. The summed E-state index contributed by atoms with van der Waals surface area (Å²) in [5.74, 6) is -1.22. The number of rotatable bonds is 4. The maximum Gasteiger partial charge on any atom is 0.422 e. The summed E-state index contributed by atoms with van der Waals surface area (Å²) >= 11 is 0. The fraction of sp³-hybridized carbons (Fsp3) is 0.538. The number of anilines is 1. The zero-order valence-electron chi connectivity index (χ0n) is 11.2. The first kappa shape index (κ1) is 15.4. The van der Waals surface area contributed by atoms with Crippen molar-refractivity contribution in [3.63, 3.8) is 0 Å². The van der Waals surface area contributed by atoms with E-state index in [0.717, 1.165) is 25.3 Å². The lowest BCUT2D eigenvalue weighted by Crippen LogP contribution is -2.32. The third kappa shape index (κ3) is 4.24. The Morgan fingerprint density at radius 3 is 2.52 bits per heavy atom. The Balaban J connectivity index is 2.23. The highest BCUT2D eigenvalue weighted by Crippen LogP contribution is 2.26. The molecule has 0 radical (unpaired) electrons. The minimum absolute atomic E-state index is 0.0312. The van der Waals surface area contributed by atoms with Crippen molar-refractivity contribution in [3.8, 4) is 5.88 Å². The van der Waals surface area contributed by atoms with E-state index in [-0.39, 0.29) is 17.3 Å². The van der Waals surface area contributed by atoms with Crippen LogP contribution in [-0.2, 0) is 0 Å². The number of aromatic nitrogens is 1. The molecule has 1 aromatic rings. The largest absolute Gasteiger partial charge is 0.478 e. The highest BCUT2D eigenvalue weighted by Gasteiger charge is 2.29. The van der Waals surface area contributed by atoms with Crippen molar-refractivity contribution in [3.05, 3.63) is 17.7 Å². The smallest absolute Gasteiger partial charge is 0.422 e. The van der Waals surface area contributed by atoms with Gasteiger partial charge < -0.3 is 14.7 Å². The molecule has 0 spiro atoms. The van der Waals surface area contributed by atoms with E-state index in [0.29, 0.717) is 13.1 Å². The quantitative estimate of drug-likeness (QED) is 0.926. The van der Waals surface area contributed by atoms with Crippen LogP contribution in [-0.4, -0.2) is 41.9 Å². The van der Waals surface area contributed by atoms with Crippen LogP contribution in [0.3, 0.4) is 0 Å². The molecule has 0 atom stereocenters. The molecular formula is C13H15F3N2O3. The summed E-state index contributed by atoms with van der Waals surface area (Å²) in [5, 5.41) is 9.16. The second-order valence-corrected chi connectivity index (χ2v) is 4.78. The van der Waals surface area contributed by atoms with Crippen LogP contribution >= 0.6 is 0 Å². The van der Waals surface area contributed by atoms with E-state index in [4.69, 9.17) is 5.11 Å². The van der Waals surface area contributed by atoms with Gasteiger partial charge in [0.15, 0.2) is 6.61 Å². The Labute approximate surface area is 119 Å². The molecule has 2 heterocycles. The predicted molar refractivity (Wildman–Crippen MR) is 68.8 cm³/mol. The topological polar surface area (TPSA) is 62.7 Å². The van der Waals surface area contributed by atoms with Crippen LogP contribution in [0.1, 0.15) is 29.6 Å². The van der Waals surface area contributed by atoms with Crippen molar-refractivity contribution in [2.45, 2.75) is 25.4 Å². The van der Waals surface area contributed by atoms with Gasteiger partial charge in [-0.05, 0) is 25.3 Å². The average molecular weight is 304 g/mol. The summed E-state index contributed by atoms with van der Waals surface area (Å²) in [7, 11) is 0. The Morgan fingerprint density at radius 1 is 1.29 bits per heavy atom. The number of nitrogens with zero attached hydrogens (tertiary/aromatic N) is 2. The van der Waals surface area contributed by atoms with Crippen LogP contribution in [0.25, 0.3) is 0 Å². The molecule has 0 saturated carbocycles. The van der Waals surface area contributed by atoms with Gasteiger partial charge >= 0.3 is 12.1 Å². The minimum Gasteiger partial charge on any atom is -0.478 e. The Morgan fingerprint density at radius 2 is 1.95 bits per heavy atom. The number of carbonyl (C=O) groups is 1. The first-order valence-electron chi connectivity index (χ1n) is 6.55. The van der Waals surface area contributed by atoms with Gasteiger partial charge in [-0.2, -0.15) is 18.2 Å². The molecule has 5 nitrogen and oxygen atoms in total. The molecule has 1 aliphatic rings. The lowest BCUT2D eigenvalue weighted by molar-refractivity contribution is -0.154. The number of carboxylic acids is 1. The second kappa shape index (κ2) is 6.19. The molecule has 1 aromatic heterocycles. The first-order chi connectivity index (χ1) is 9.87. The monoisotopic (exact) mass is 304 g/mol. The minimum atomic E-state index is -4.46. The molecule has 116 valence electrons. The van der Waals surface area contributed by atoms with E-state index in [1.807, 2.05) is 0 Å². The molecule has 2 rings (SSSR count). The van der Waals surface area contributed by atoms with Crippen LogP contribution in [0.2, 0.25) is 0 Å². The van der Waals surface area contributed by atoms with Crippen LogP contribution in [0.4, 0.5) is 19.0 Å². The van der Waals surface area contributed by atoms with Gasteiger partial charge in [-0.25, -0.2) is 4.79 Å². The maximum atomic E-state index is 12.1. The number of aromatic carboxylic acids is 1. The predicted octanol–water partition coefficient (Wildman–Crippen LogP) is 2.71. The van der Waals surface area contributed by atoms with Crippen LogP contribution in [0, 0.1) is 0 Å². The number of hydrogen-bond acceptors (Lipinski definition) is 4. The van der Waals surface area contributed by atoms with E-state index in [2.05, 4.69) is 9.72 Å². The zero-order chi connectivity index (χ0) is 15.5. The molecule has 0 unspecified atom stereocenters. The highest BCUT2D eigenvalue weighted by molar-refractivity contribution is 5.93. The van der Waals surface area contributed by atoms with Crippen molar-refractivity contribution in [2.75, 3.05) is 24.6 Å². The Kier molecular flexibility index (Phi) is 4.54. The van der Waals surface area contributed by atoms with Gasteiger partial charge in [-0.1, -0.05) is 0 Å². The SMILES string of the molecule is O=C(O)c1ccc(OCC(F)(F)F)nc1N1CCCCC1. The van der Waals surface area contributed by atoms with Gasteiger partial charge in [0, 0.05) is 19.2 Å². The van der Waals surface area contributed by atoms with E-state index in [1.54, 1.807) is 4.90 Å². The molecule has 0 amide bonds. The maximum absolute atomic E-state index is 12.1. The fourth-order valence-corrected chi connectivity index (χ4v) is 2.18. The molecular weight excluding hydrogens is 289 g/mol. The molecule has 21 heavy (non-hydrogen) atoms. The van der Waals surface area contributed by atoms with Gasteiger partial charge in [0.05, 0.1) is 0 Å². The van der Waals surface area contributed by atoms with Gasteiger partial charge in [0.25, 0.3) is 0 Å². The molecule has 1 fully saturated rings. The number of hydrogen-bond donors (Lipinski definition) is 1. The molecule has 0 aliphatic carbocycles. The summed E-state index contributed by atoms with van der Waals surface area (Å²) in [6.07, 6.45) is -1.62. The van der Waals surface area contributed by atoms with Crippen molar-refractivity contribution < 1.29 is 27.8 Å². The normalized spacial score (nSPS) is 15.9. The lowest BCUT2D eigenvalue weighted by atomic mass is 10.1. The number of carboxylic acid groups (broad SMARTS) is 1. The number of pyridine rings is 1. The highest BCUT2D eigenvalue weighted by atomic mass is 19.4. The summed E-state index contributed by atoms with van der Waals surface area (Å²) in [4.78, 5) is 16.9. The number of ether oxygens (including phenoxy) is 1. The fourth-order valence-electron chi connectivity index (χ4n) is 2.18. The van der Waals surface area contributed by atoms with E-state index >= 15 is 0 Å². The van der Waals surface area contributed by atoms with E-state index in [9.17, 15) is 18.0 Å². The van der Waals surface area contributed by atoms with Crippen LogP contribution in [0.15, 0.2) is 12.1 Å². The lowest BCUT2D eigenvalue weighted by Gasteiger charge is -2.29. The van der Waals surface area contributed by atoms with E-state index in [1.165, 1.54) is 6.07 Å². The summed E-state index contributed by atoms with van der Waals surface area (Å²) < 4.78 is 41.0. The Hall–Kier alpha value is -1.99. The number of piperidine rings is 1. The molecule has 1 N–H and O–H groups in total. The summed E-state index contributed by atoms with van der Waals surface area (Å²) in [6.45, 7) is -0.183. The molecule has 1 aliphatic heterocycles. The third-order valence-electron chi connectivity index (χ3n) is 3.12. The Bertz CT molecular complexity index is 514. The zero-order valence-corrected chi connectivity index (χ0v) is 11.2. The van der Waals surface area contributed by atoms with Gasteiger partial charge in [-0.3, -0.25) is 0 Å². The van der Waals surface area contributed by atoms with Crippen molar-refractivity contribution >= 4 is 11.8 Å². The average Bonchev–Trinajstić information content (AvgIpc) is 2.45. The van der Waals surface area contributed by atoms with Gasteiger partial charge in [0.2, 0.25) is 5.88 Å². The molecule has 0 aromatic carbocycles.